The van der Waals surface area contributed by atoms with Gasteiger partial charge in [-0.25, -0.2) is 0 Å². The Bertz CT molecular complexity index is 196. The predicted octanol–water partition coefficient (Wildman–Crippen LogP) is 3.50. The molecule has 1 unspecified atom stereocenters. The molecule has 90 valence electrons. The summed E-state index contributed by atoms with van der Waals surface area (Å²) in [6.45, 7) is 3.41. The van der Waals surface area contributed by atoms with Gasteiger partial charge in [0.15, 0.2) is 0 Å². The fourth-order valence-electron chi connectivity index (χ4n) is 2.52. The fourth-order valence-corrected chi connectivity index (χ4v) is 2.52. The molecular weight excluding hydrogens is 203 g/mol. The van der Waals surface area contributed by atoms with Crippen LogP contribution in [-0.2, 0) is 0 Å². The van der Waals surface area contributed by atoms with Gasteiger partial charge in [-0.15, -0.1) is 0 Å². The molecule has 0 radical (unpaired) electrons. The van der Waals surface area contributed by atoms with Crippen molar-refractivity contribution in [1.82, 2.24) is 5.32 Å². The van der Waals surface area contributed by atoms with Crippen molar-refractivity contribution in [3.63, 3.8) is 0 Å². The highest BCUT2D eigenvalue weighted by Crippen LogP contribution is 2.42. The van der Waals surface area contributed by atoms with Crippen LogP contribution in [0.4, 0.5) is 13.2 Å². The Hall–Kier alpha value is -0.250. The molecule has 1 saturated carbocycles. The van der Waals surface area contributed by atoms with E-state index in [9.17, 15) is 13.2 Å². The van der Waals surface area contributed by atoms with Crippen LogP contribution in [-0.4, -0.2) is 18.3 Å². The fraction of sp³-hybridized carbons (Fsp3) is 1.00. The van der Waals surface area contributed by atoms with Crippen molar-refractivity contribution >= 4 is 0 Å². The molecule has 0 aromatic rings. The molecule has 1 nitrogen and oxygen atoms in total. The molecule has 1 aliphatic carbocycles. The Kier molecular flexibility index (Phi) is 4.04. The van der Waals surface area contributed by atoms with E-state index >= 15 is 0 Å². The minimum atomic E-state index is -4.15. The van der Waals surface area contributed by atoms with Crippen molar-refractivity contribution in [2.75, 3.05) is 6.54 Å². The van der Waals surface area contributed by atoms with E-state index in [2.05, 4.69) is 5.32 Å². The molecular formula is C11H20F3N. The van der Waals surface area contributed by atoms with Crippen molar-refractivity contribution in [2.45, 2.75) is 57.7 Å². The van der Waals surface area contributed by atoms with Crippen LogP contribution in [0.2, 0.25) is 0 Å². The second-order valence-corrected chi connectivity index (χ2v) is 4.57. The molecule has 0 saturated heterocycles. The van der Waals surface area contributed by atoms with Crippen molar-refractivity contribution in [3.05, 3.63) is 0 Å². The van der Waals surface area contributed by atoms with Crippen LogP contribution in [0, 0.1) is 5.92 Å². The highest BCUT2D eigenvalue weighted by Gasteiger charge is 2.54. The Morgan fingerprint density at radius 3 is 2.07 bits per heavy atom. The molecule has 0 spiro atoms. The Balaban J connectivity index is 2.79. The lowest BCUT2D eigenvalue weighted by Gasteiger charge is -2.41. The van der Waals surface area contributed by atoms with Gasteiger partial charge in [-0.2, -0.15) is 13.2 Å². The van der Waals surface area contributed by atoms with E-state index < -0.39 is 11.7 Å². The Morgan fingerprint density at radius 2 is 1.67 bits per heavy atom. The largest absolute Gasteiger partial charge is 0.406 e. The molecule has 1 aliphatic rings. The summed E-state index contributed by atoms with van der Waals surface area (Å²) in [6.07, 6.45) is 0.192. The molecule has 0 bridgehead atoms. The van der Waals surface area contributed by atoms with Gasteiger partial charge < -0.3 is 5.32 Å². The van der Waals surface area contributed by atoms with Crippen molar-refractivity contribution < 1.29 is 13.2 Å². The summed E-state index contributed by atoms with van der Waals surface area (Å²) in [5.74, 6) is -0.258. The summed E-state index contributed by atoms with van der Waals surface area (Å²) < 4.78 is 39.0. The van der Waals surface area contributed by atoms with Crippen LogP contribution in [0.5, 0.6) is 0 Å². The van der Waals surface area contributed by atoms with Crippen LogP contribution >= 0.6 is 0 Å². The van der Waals surface area contributed by atoms with Gasteiger partial charge in [0.25, 0.3) is 0 Å². The van der Waals surface area contributed by atoms with Crippen LogP contribution in [0.1, 0.15) is 46.0 Å². The van der Waals surface area contributed by atoms with E-state index in [1.54, 1.807) is 6.92 Å². The molecule has 1 atom stereocenters. The molecule has 1 rings (SSSR count). The van der Waals surface area contributed by atoms with Crippen LogP contribution in [0.15, 0.2) is 0 Å². The number of hydrogen-bond donors (Lipinski definition) is 1. The van der Waals surface area contributed by atoms with Gasteiger partial charge in [-0.05, 0) is 32.2 Å². The Morgan fingerprint density at radius 1 is 1.13 bits per heavy atom. The maximum atomic E-state index is 13.0. The van der Waals surface area contributed by atoms with E-state index in [1.165, 1.54) is 6.92 Å². The quantitative estimate of drug-likeness (QED) is 0.772. The SMILES string of the molecule is CCNC(C)(C1CCCCC1)C(F)(F)F. The van der Waals surface area contributed by atoms with Crippen LogP contribution in [0.3, 0.4) is 0 Å². The third-order valence-corrected chi connectivity index (χ3v) is 3.55. The third kappa shape index (κ3) is 2.65. The minimum absolute atomic E-state index is 0.258. The van der Waals surface area contributed by atoms with Gasteiger partial charge in [0.1, 0.15) is 5.54 Å². The highest BCUT2D eigenvalue weighted by molar-refractivity contribution is 4.97. The maximum Gasteiger partial charge on any atom is 0.406 e. The van der Waals surface area contributed by atoms with Gasteiger partial charge in [0, 0.05) is 0 Å². The molecule has 0 heterocycles. The molecule has 0 amide bonds. The third-order valence-electron chi connectivity index (χ3n) is 3.55. The predicted molar refractivity (Wildman–Crippen MR) is 54.7 cm³/mol. The molecule has 0 aliphatic heterocycles. The van der Waals surface area contributed by atoms with E-state index in [1.807, 2.05) is 0 Å². The molecule has 4 heteroatoms. The molecule has 1 fully saturated rings. The maximum absolute atomic E-state index is 13.0. The summed E-state index contributed by atoms with van der Waals surface area (Å²) >= 11 is 0. The summed E-state index contributed by atoms with van der Waals surface area (Å²) in [4.78, 5) is 0. The monoisotopic (exact) mass is 223 g/mol. The normalized spacial score (nSPS) is 23.8. The topological polar surface area (TPSA) is 12.0 Å². The summed E-state index contributed by atoms with van der Waals surface area (Å²) in [6, 6.07) is 0. The van der Waals surface area contributed by atoms with Gasteiger partial charge in [-0.1, -0.05) is 26.2 Å². The van der Waals surface area contributed by atoms with E-state index in [4.69, 9.17) is 0 Å². The van der Waals surface area contributed by atoms with Crippen molar-refractivity contribution in [1.29, 1.82) is 0 Å². The lowest BCUT2D eigenvalue weighted by molar-refractivity contribution is -0.209. The number of rotatable bonds is 3. The number of nitrogens with one attached hydrogen (secondary N) is 1. The second-order valence-electron chi connectivity index (χ2n) is 4.57. The first-order chi connectivity index (χ1) is 6.92. The summed E-state index contributed by atoms with van der Waals surface area (Å²) in [5, 5.41) is 2.64. The average molecular weight is 223 g/mol. The summed E-state index contributed by atoms with van der Waals surface area (Å²) in [5.41, 5.74) is -1.69. The second kappa shape index (κ2) is 4.73. The molecule has 1 N–H and O–H groups in total. The van der Waals surface area contributed by atoms with E-state index in [0.717, 1.165) is 19.3 Å². The first-order valence-electron chi connectivity index (χ1n) is 5.73. The van der Waals surface area contributed by atoms with Crippen molar-refractivity contribution in [2.24, 2.45) is 5.92 Å². The Labute approximate surface area is 89.4 Å². The van der Waals surface area contributed by atoms with Gasteiger partial charge in [-0.3, -0.25) is 0 Å². The lowest BCUT2D eigenvalue weighted by Crippen LogP contribution is -2.59. The van der Waals surface area contributed by atoms with Gasteiger partial charge in [0.2, 0.25) is 0 Å². The number of alkyl halides is 3. The van der Waals surface area contributed by atoms with Crippen molar-refractivity contribution in [3.8, 4) is 0 Å². The standard InChI is InChI=1S/C11H20F3N/c1-3-15-10(2,11(12,13)14)9-7-5-4-6-8-9/h9,15H,3-8H2,1-2H3. The highest BCUT2D eigenvalue weighted by atomic mass is 19.4. The minimum Gasteiger partial charge on any atom is -0.304 e. The number of hydrogen-bond acceptors (Lipinski definition) is 1. The molecule has 0 aromatic heterocycles. The zero-order valence-corrected chi connectivity index (χ0v) is 9.45. The van der Waals surface area contributed by atoms with Crippen LogP contribution in [0.25, 0.3) is 0 Å². The first kappa shape index (κ1) is 12.8. The van der Waals surface area contributed by atoms with Gasteiger partial charge >= 0.3 is 6.18 Å². The molecule has 0 aromatic carbocycles. The van der Waals surface area contributed by atoms with E-state index in [0.29, 0.717) is 19.4 Å². The van der Waals surface area contributed by atoms with E-state index in [-0.39, 0.29) is 5.92 Å². The smallest absolute Gasteiger partial charge is 0.304 e. The number of halogens is 3. The average Bonchev–Trinajstić information content (AvgIpc) is 2.18. The first-order valence-corrected chi connectivity index (χ1v) is 5.73. The zero-order chi connectivity index (χ0) is 11.5. The van der Waals surface area contributed by atoms with Crippen LogP contribution < -0.4 is 5.32 Å². The van der Waals surface area contributed by atoms with Gasteiger partial charge in [0.05, 0.1) is 0 Å². The molecule has 15 heavy (non-hydrogen) atoms. The lowest BCUT2D eigenvalue weighted by atomic mass is 9.75. The zero-order valence-electron chi connectivity index (χ0n) is 9.45. The summed E-state index contributed by atoms with van der Waals surface area (Å²) in [7, 11) is 0.